The second kappa shape index (κ2) is 4.89. The number of hydrogen-bond acceptors (Lipinski definition) is 3. The predicted molar refractivity (Wildman–Crippen MR) is 64.3 cm³/mol. The van der Waals surface area contributed by atoms with E-state index in [0.717, 1.165) is 10.9 Å². The van der Waals surface area contributed by atoms with Crippen molar-refractivity contribution in [2.45, 2.75) is 6.04 Å². The Labute approximate surface area is 102 Å². The van der Waals surface area contributed by atoms with Gasteiger partial charge in [-0.25, -0.2) is 4.79 Å². The van der Waals surface area contributed by atoms with Gasteiger partial charge in [-0.15, -0.1) is 0 Å². The molecular weight excluding hydrogens is 236 g/mol. The Morgan fingerprint density at radius 2 is 2.11 bits per heavy atom. The Balaban J connectivity index is 2.19. The minimum absolute atomic E-state index is 0.349. The highest BCUT2D eigenvalue weighted by molar-refractivity contribution is 5.99. The number of fused-ring (bicyclic) bond motifs is 1. The summed E-state index contributed by atoms with van der Waals surface area (Å²) in [4.78, 5) is 25.5. The number of H-pyrrole nitrogens is 1. The molecule has 0 fully saturated rings. The second-order valence-electron chi connectivity index (χ2n) is 3.83. The van der Waals surface area contributed by atoms with Crippen molar-refractivity contribution in [1.29, 1.82) is 0 Å². The third-order valence-corrected chi connectivity index (χ3v) is 2.60. The molecule has 6 heteroatoms. The van der Waals surface area contributed by atoms with E-state index < -0.39 is 24.5 Å². The zero-order chi connectivity index (χ0) is 13.1. The van der Waals surface area contributed by atoms with E-state index >= 15 is 0 Å². The Morgan fingerprint density at radius 3 is 2.78 bits per heavy atom. The lowest BCUT2D eigenvalue weighted by atomic mass is 10.1. The van der Waals surface area contributed by atoms with Crippen LogP contribution in [-0.2, 0) is 4.79 Å². The summed E-state index contributed by atoms with van der Waals surface area (Å²) >= 11 is 0. The van der Waals surface area contributed by atoms with Crippen LogP contribution in [0.1, 0.15) is 10.4 Å². The second-order valence-corrected chi connectivity index (χ2v) is 3.83. The van der Waals surface area contributed by atoms with Gasteiger partial charge in [0.05, 0.1) is 6.61 Å². The van der Waals surface area contributed by atoms with Crippen molar-refractivity contribution in [2.75, 3.05) is 6.61 Å². The van der Waals surface area contributed by atoms with Crippen LogP contribution in [0.5, 0.6) is 0 Å². The van der Waals surface area contributed by atoms with Crippen molar-refractivity contribution >= 4 is 22.8 Å². The molecule has 0 unspecified atom stereocenters. The first kappa shape index (κ1) is 12.1. The molecule has 0 aliphatic heterocycles. The number of rotatable bonds is 4. The number of carbonyl (C=O) groups is 2. The fourth-order valence-corrected chi connectivity index (χ4v) is 1.62. The summed E-state index contributed by atoms with van der Waals surface area (Å²) < 4.78 is 0. The Kier molecular flexibility index (Phi) is 3.29. The molecule has 0 spiro atoms. The van der Waals surface area contributed by atoms with Crippen LogP contribution in [0, 0.1) is 0 Å². The SMILES string of the molecule is O=C(N[C@@H](CO)C(=O)O)c1ccc2[nH]ccc2c1. The van der Waals surface area contributed by atoms with Gasteiger partial charge in [-0.3, -0.25) is 4.79 Å². The molecule has 2 rings (SSSR count). The summed E-state index contributed by atoms with van der Waals surface area (Å²) in [5.74, 6) is -1.80. The lowest BCUT2D eigenvalue weighted by Gasteiger charge is -2.11. The van der Waals surface area contributed by atoms with Gasteiger partial charge in [-0.1, -0.05) is 0 Å². The molecule has 1 amide bonds. The molecule has 1 aromatic carbocycles. The molecule has 6 nitrogen and oxygen atoms in total. The van der Waals surface area contributed by atoms with Gasteiger partial charge in [0.1, 0.15) is 0 Å². The average molecular weight is 248 g/mol. The summed E-state index contributed by atoms with van der Waals surface area (Å²) in [6.45, 7) is -0.645. The quantitative estimate of drug-likeness (QED) is 0.626. The van der Waals surface area contributed by atoms with Crippen LogP contribution in [0.3, 0.4) is 0 Å². The lowest BCUT2D eigenvalue weighted by Crippen LogP contribution is -2.43. The number of carbonyl (C=O) groups excluding carboxylic acids is 1. The first-order valence-electron chi connectivity index (χ1n) is 5.33. The first-order valence-corrected chi connectivity index (χ1v) is 5.33. The minimum Gasteiger partial charge on any atom is -0.480 e. The smallest absolute Gasteiger partial charge is 0.328 e. The number of aliphatic hydroxyl groups is 1. The van der Waals surface area contributed by atoms with Crippen LogP contribution in [0.2, 0.25) is 0 Å². The van der Waals surface area contributed by atoms with E-state index in [1.807, 2.05) is 6.07 Å². The maximum atomic E-state index is 11.8. The van der Waals surface area contributed by atoms with E-state index in [-0.39, 0.29) is 0 Å². The number of aromatic amines is 1. The van der Waals surface area contributed by atoms with Gasteiger partial charge >= 0.3 is 5.97 Å². The topological polar surface area (TPSA) is 102 Å². The van der Waals surface area contributed by atoms with E-state index in [9.17, 15) is 9.59 Å². The molecule has 0 radical (unpaired) electrons. The number of aromatic nitrogens is 1. The standard InChI is InChI=1S/C12H12N2O4/c15-6-10(12(17)18)14-11(16)8-1-2-9-7(5-8)3-4-13-9/h1-5,10,13,15H,6H2,(H,14,16)(H,17,18)/t10-/m0/s1. The average Bonchev–Trinajstić information content (AvgIpc) is 2.82. The van der Waals surface area contributed by atoms with Crippen LogP contribution in [0.25, 0.3) is 10.9 Å². The number of aliphatic carboxylic acids is 1. The molecule has 1 heterocycles. The summed E-state index contributed by atoms with van der Waals surface area (Å²) in [5, 5.41) is 20.7. The van der Waals surface area contributed by atoms with Crippen molar-refractivity contribution in [3.63, 3.8) is 0 Å². The normalized spacial score (nSPS) is 12.3. The van der Waals surface area contributed by atoms with Gasteiger partial charge in [0.15, 0.2) is 6.04 Å². The van der Waals surface area contributed by atoms with Gasteiger partial charge in [0.2, 0.25) is 0 Å². The zero-order valence-corrected chi connectivity index (χ0v) is 9.38. The fourth-order valence-electron chi connectivity index (χ4n) is 1.62. The number of hydrogen-bond donors (Lipinski definition) is 4. The van der Waals surface area contributed by atoms with Crippen molar-refractivity contribution in [3.05, 3.63) is 36.0 Å². The first-order chi connectivity index (χ1) is 8.61. The summed E-state index contributed by atoms with van der Waals surface area (Å²) in [5.41, 5.74) is 1.24. The van der Waals surface area contributed by atoms with Gasteiger partial charge < -0.3 is 20.5 Å². The van der Waals surface area contributed by atoms with Gasteiger partial charge in [-0.05, 0) is 24.3 Å². The van der Waals surface area contributed by atoms with E-state index in [2.05, 4.69) is 10.3 Å². The Morgan fingerprint density at radius 1 is 1.33 bits per heavy atom. The van der Waals surface area contributed by atoms with Crippen molar-refractivity contribution in [1.82, 2.24) is 10.3 Å². The zero-order valence-electron chi connectivity index (χ0n) is 9.38. The van der Waals surface area contributed by atoms with Gasteiger partial charge in [0.25, 0.3) is 5.91 Å². The molecule has 0 bridgehead atoms. The third-order valence-electron chi connectivity index (χ3n) is 2.60. The van der Waals surface area contributed by atoms with Gasteiger partial charge in [0, 0.05) is 22.7 Å². The fraction of sp³-hybridized carbons (Fsp3) is 0.167. The Hall–Kier alpha value is -2.34. The minimum atomic E-state index is -1.29. The highest BCUT2D eigenvalue weighted by Crippen LogP contribution is 2.14. The van der Waals surface area contributed by atoms with E-state index in [0.29, 0.717) is 5.56 Å². The van der Waals surface area contributed by atoms with Crippen LogP contribution in [0.4, 0.5) is 0 Å². The highest BCUT2D eigenvalue weighted by Gasteiger charge is 2.19. The summed E-state index contributed by atoms with van der Waals surface area (Å²) in [6, 6.07) is 5.49. The van der Waals surface area contributed by atoms with E-state index in [1.54, 1.807) is 24.4 Å². The third kappa shape index (κ3) is 2.33. The maximum Gasteiger partial charge on any atom is 0.328 e. The number of carboxylic acids is 1. The molecule has 1 aromatic heterocycles. The number of nitrogens with one attached hydrogen (secondary N) is 2. The van der Waals surface area contributed by atoms with Crippen LogP contribution >= 0.6 is 0 Å². The summed E-state index contributed by atoms with van der Waals surface area (Å²) in [7, 11) is 0. The summed E-state index contributed by atoms with van der Waals surface area (Å²) in [6.07, 6.45) is 1.75. The number of carboxylic acid groups (broad SMARTS) is 1. The maximum absolute atomic E-state index is 11.8. The Bertz CT molecular complexity index is 591. The van der Waals surface area contributed by atoms with Crippen molar-refractivity contribution in [2.24, 2.45) is 0 Å². The van der Waals surface area contributed by atoms with Gasteiger partial charge in [-0.2, -0.15) is 0 Å². The van der Waals surface area contributed by atoms with Crippen molar-refractivity contribution in [3.8, 4) is 0 Å². The van der Waals surface area contributed by atoms with E-state index in [1.165, 1.54) is 0 Å². The van der Waals surface area contributed by atoms with E-state index in [4.69, 9.17) is 10.2 Å². The molecular formula is C12H12N2O4. The molecule has 94 valence electrons. The number of aliphatic hydroxyl groups excluding tert-OH is 1. The predicted octanol–water partition coefficient (Wildman–Crippen LogP) is 0.343. The molecule has 0 aliphatic rings. The largest absolute Gasteiger partial charge is 0.480 e. The molecule has 1 atom stereocenters. The van der Waals surface area contributed by atoms with Crippen LogP contribution < -0.4 is 5.32 Å². The molecule has 0 saturated carbocycles. The molecule has 4 N–H and O–H groups in total. The van der Waals surface area contributed by atoms with Crippen LogP contribution in [0.15, 0.2) is 30.5 Å². The molecule has 2 aromatic rings. The highest BCUT2D eigenvalue weighted by atomic mass is 16.4. The molecule has 0 saturated heterocycles. The lowest BCUT2D eigenvalue weighted by molar-refractivity contribution is -0.140. The molecule has 18 heavy (non-hydrogen) atoms. The van der Waals surface area contributed by atoms with Crippen LogP contribution in [-0.4, -0.2) is 39.7 Å². The monoisotopic (exact) mass is 248 g/mol. The number of benzene rings is 1. The van der Waals surface area contributed by atoms with Crippen molar-refractivity contribution < 1.29 is 19.8 Å². The molecule has 0 aliphatic carbocycles. The number of amides is 1.